The minimum atomic E-state index is -5.89. The Hall–Kier alpha value is -0.393. The molecular formula is C4H6F3LiO5S. The molecular weight excluding hydrogens is 224 g/mol. The van der Waals surface area contributed by atoms with Crippen LogP contribution in [0.25, 0.3) is 0 Å². The number of halogens is 3. The van der Waals surface area contributed by atoms with E-state index in [4.69, 9.17) is 0 Å². The Labute approximate surface area is 89.9 Å². The molecule has 0 aromatic heterocycles. The molecule has 0 aliphatic rings. The van der Waals surface area contributed by atoms with E-state index in [2.05, 4.69) is 8.92 Å². The van der Waals surface area contributed by atoms with Crippen molar-refractivity contribution >= 4 is 35.1 Å². The zero-order valence-corrected chi connectivity index (χ0v) is 7.11. The summed E-state index contributed by atoms with van der Waals surface area (Å²) >= 11 is 0. The second-order valence-corrected chi connectivity index (χ2v) is 3.20. The fourth-order valence-corrected chi connectivity index (χ4v) is 0.600. The Morgan fingerprint density at radius 1 is 1.36 bits per heavy atom. The maximum atomic E-state index is 11.5. The average Bonchev–Trinajstić information content (AvgIpc) is 1.83. The molecule has 0 rings (SSSR count). The second-order valence-electron chi connectivity index (χ2n) is 1.67. The number of carbonyl (C=O) groups is 1. The van der Waals surface area contributed by atoms with Crippen LogP contribution < -0.4 is 0 Å². The predicted octanol–water partition coefficient (Wildman–Crippen LogP) is 0.361. The van der Waals surface area contributed by atoms with Crippen LogP contribution >= 0.6 is 0 Å². The van der Waals surface area contributed by atoms with Gasteiger partial charge in [-0.15, -0.1) is 0 Å². The molecule has 0 aromatic rings. The molecule has 14 heavy (non-hydrogen) atoms. The van der Waals surface area contributed by atoms with E-state index in [9.17, 15) is 26.4 Å². The van der Waals surface area contributed by atoms with Crippen molar-refractivity contribution in [1.29, 1.82) is 0 Å². The van der Waals surface area contributed by atoms with Gasteiger partial charge in [0.05, 0.1) is 6.61 Å². The standard InChI is InChI=1S/C4H5F3O5S.Li.H/c1-2-11-3(8)12-13(9,10)4(5,6)7;;/h2H2,1H3;;. The SMILES string of the molecule is CCOC(=O)OS(=O)(=O)C(F)(F)F.[LiH]. The first-order valence-electron chi connectivity index (χ1n) is 2.88. The summed E-state index contributed by atoms with van der Waals surface area (Å²) in [5, 5.41) is 0. The first-order chi connectivity index (χ1) is 5.70. The summed E-state index contributed by atoms with van der Waals surface area (Å²) in [6.07, 6.45) is -1.90. The fourth-order valence-electron chi connectivity index (χ4n) is 0.279. The molecule has 0 aliphatic heterocycles. The molecule has 0 fully saturated rings. The van der Waals surface area contributed by atoms with E-state index < -0.39 is 21.8 Å². The molecule has 0 saturated heterocycles. The number of hydrogen-bond donors (Lipinski definition) is 0. The van der Waals surface area contributed by atoms with E-state index >= 15 is 0 Å². The van der Waals surface area contributed by atoms with Crippen LogP contribution in [0.2, 0.25) is 0 Å². The van der Waals surface area contributed by atoms with Gasteiger partial charge in [0.15, 0.2) is 0 Å². The molecule has 0 unspecified atom stereocenters. The average molecular weight is 230 g/mol. The van der Waals surface area contributed by atoms with Crippen LogP contribution in [-0.2, 0) is 19.0 Å². The van der Waals surface area contributed by atoms with E-state index in [1.165, 1.54) is 6.92 Å². The molecule has 0 heterocycles. The summed E-state index contributed by atoms with van der Waals surface area (Å²) in [5.74, 6) is 0. The summed E-state index contributed by atoms with van der Waals surface area (Å²) in [6, 6.07) is 0. The number of ether oxygens (including phenoxy) is 1. The van der Waals surface area contributed by atoms with Crippen molar-refractivity contribution in [3.63, 3.8) is 0 Å². The summed E-state index contributed by atoms with van der Waals surface area (Å²) in [4.78, 5) is 10.2. The van der Waals surface area contributed by atoms with Gasteiger partial charge < -0.3 is 8.92 Å². The van der Waals surface area contributed by atoms with Crippen molar-refractivity contribution in [3.8, 4) is 0 Å². The first-order valence-corrected chi connectivity index (χ1v) is 4.29. The molecule has 0 saturated carbocycles. The third kappa shape index (κ3) is 4.74. The predicted molar refractivity (Wildman–Crippen MR) is 40.2 cm³/mol. The number of alkyl halides is 3. The van der Waals surface area contributed by atoms with E-state index in [-0.39, 0.29) is 25.5 Å². The Kier molecular flexibility index (Phi) is 6.28. The second kappa shape index (κ2) is 5.48. The monoisotopic (exact) mass is 230 g/mol. The topological polar surface area (TPSA) is 69.7 Å². The van der Waals surface area contributed by atoms with E-state index in [1.54, 1.807) is 0 Å². The number of hydrogen-bond acceptors (Lipinski definition) is 5. The molecule has 80 valence electrons. The number of carbonyl (C=O) groups excluding carboxylic acids is 1. The Morgan fingerprint density at radius 2 is 1.79 bits per heavy atom. The van der Waals surface area contributed by atoms with Gasteiger partial charge >= 0.3 is 40.6 Å². The third-order valence-electron chi connectivity index (χ3n) is 0.723. The summed E-state index contributed by atoms with van der Waals surface area (Å²) in [6.45, 7) is 0.994. The van der Waals surface area contributed by atoms with Crippen molar-refractivity contribution in [2.24, 2.45) is 0 Å². The summed E-state index contributed by atoms with van der Waals surface area (Å²) in [7, 11) is -5.89. The summed E-state index contributed by atoms with van der Waals surface area (Å²) in [5.41, 5.74) is -5.63. The molecule has 0 amide bonds. The van der Waals surface area contributed by atoms with Crippen LogP contribution in [0.5, 0.6) is 0 Å². The molecule has 0 spiro atoms. The van der Waals surface area contributed by atoms with Crippen LogP contribution in [0.1, 0.15) is 6.92 Å². The van der Waals surface area contributed by atoms with Crippen molar-refractivity contribution in [2.75, 3.05) is 6.61 Å². The normalized spacial score (nSPS) is 11.4. The molecule has 10 heteroatoms. The van der Waals surface area contributed by atoms with E-state index in [0.29, 0.717) is 0 Å². The molecule has 0 atom stereocenters. The van der Waals surface area contributed by atoms with Gasteiger partial charge in [0, 0.05) is 0 Å². The van der Waals surface area contributed by atoms with Gasteiger partial charge in [-0.3, -0.25) is 0 Å². The molecule has 0 bridgehead atoms. The van der Waals surface area contributed by atoms with Gasteiger partial charge in [-0.2, -0.15) is 21.6 Å². The quantitative estimate of drug-likeness (QED) is 0.296. The molecule has 0 aromatic carbocycles. The van der Waals surface area contributed by atoms with Crippen LogP contribution in [-0.4, -0.2) is 45.5 Å². The zero-order valence-electron chi connectivity index (χ0n) is 6.29. The fraction of sp³-hybridized carbons (Fsp3) is 0.750. The third-order valence-corrected chi connectivity index (χ3v) is 1.65. The number of rotatable bonds is 2. The maximum absolute atomic E-state index is 11.5. The van der Waals surface area contributed by atoms with Crippen molar-refractivity contribution < 1.29 is 35.3 Å². The van der Waals surface area contributed by atoms with Crippen LogP contribution in [0.4, 0.5) is 18.0 Å². The van der Waals surface area contributed by atoms with Gasteiger partial charge in [-0.05, 0) is 6.92 Å². The Balaban J connectivity index is 0. The molecule has 0 aliphatic carbocycles. The van der Waals surface area contributed by atoms with Crippen LogP contribution in [0.15, 0.2) is 0 Å². The summed E-state index contributed by atoms with van der Waals surface area (Å²) < 4.78 is 61.6. The van der Waals surface area contributed by atoms with Crippen molar-refractivity contribution in [2.45, 2.75) is 12.4 Å². The minimum absolute atomic E-state index is 0. The van der Waals surface area contributed by atoms with E-state index in [0.717, 1.165) is 0 Å². The van der Waals surface area contributed by atoms with Gasteiger partial charge in [-0.25, -0.2) is 4.79 Å². The Bertz CT molecular complexity index is 284. The van der Waals surface area contributed by atoms with Gasteiger partial charge in [0.2, 0.25) is 0 Å². The first kappa shape index (κ1) is 16.1. The van der Waals surface area contributed by atoms with Gasteiger partial charge in [-0.1, -0.05) is 0 Å². The van der Waals surface area contributed by atoms with Crippen molar-refractivity contribution in [1.82, 2.24) is 0 Å². The van der Waals surface area contributed by atoms with Gasteiger partial charge in [0.25, 0.3) is 0 Å². The molecule has 5 nitrogen and oxygen atoms in total. The molecule has 0 N–H and O–H groups in total. The van der Waals surface area contributed by atoms with E-state index in [1.807, 2.05) is 0 Å². The Morgan fingerprint density at radius 3 is 2.07 bits per heavy atom. The van der Waals surface area contributed by atoms with Crippen LogP contribution in [0, 0.1) is 0 Å². The van der Waals surface area contributed by atoms with Crippen molar-refractivity contribution in [3.05, 3.63) is 0 Å². The zero-order chi connectivity index (χ0) is 10.7. The molecule has 0 radical (unpaired) electrons. The van der Waals surface area contributed by atoms with Gasteiger partial charge in [0.1, 0.15) is 0 Å². The van der Waals surface area contributed by atoms with Crippen LogP contribution in [0.3, 0.4) is 0 Å².